The lowest BCUT2D eigenvalue weighted by atomic mass is 10.0. The van der Waals surface area contributed by atoms with Gasteiger partial charge in [0.05, 0.1) is 75.4 Å². The molecule has 0 spiro atoms. The largest absolute Gasteiger partial charge is 0.373 e. The number of sulfone groups is 2. The van der Waals surface area contributed by atoms with Gasteiger partial charge in [-0.05, 0) is 216 Å². The number of hydrogen-bond donors (Lipinski definition) is 13. The number of aromatic nitrogens is 13. The molecule has 0 fully saturated rings. The van der Waals surface area contributed by atoms with E-state index in [0.29, 0.717) is 110 Å². The highest BCUT2D eigenvalue weighted by Crippen LogP contribution is 2.36. The van der Waals surface area contributed by atoms with E-state index in [-0.39, 0.29) is 80.0 Å². The number of nitrogens with one attached hydrogen (secondary N) is 6. The molecule has 7 heterocycles. The molecule has 710 valence electrons. The van der Waals surface area contributed by atoms with Crippen LogP contribution in [0, 0.1) is 54.3 Å². The normalized spacial score (nSPS) is 12.3. The Bertz CT molecular complexity index is 7150. The molecule has 0 radical (unpaired) electrons. The first-order chi connectivity index (χ1) is 68.1. The first-order valence-electron chi connectivity index (χ1n) is 46.4. The molecule has 15 aromatic rings. The lowest BCUT2D eigenvalue weighted by Gasteiger charge is -2.12. The van der Waals surface area contributed by atoms with Crippen molar-refractivity contribution in [1.29, 1.82) is 0 Å². The van der Waals surface area contributed by atoms with Crippen molar-refractivity contribution in [1.82, 2.24) is 64.8 Å². The van der Waals surface area contributed by atoms with Crippen molar-refractivity contribution in [2.24, 2.45) is 5.14 Å². The standard InChI is InChI=1S/C24H30N4O4S2.C20H22FN5O2S.C16H16ClN5.C14H17N3.C12H13ClN4.C11H10Cl2N4/c1-17-8-7-9-21(18(17)2)22-16-23(28-24(25)27-22)26-14-5-4-6-15-34(31,32)20-12-10-19(11-13-20)33(3,29)30;1-12-13(2)17(21)8-7-16(12)18-11-19(26-20(22)25-18)24-10-9-14-3-5-15(6-4-14)29(23,27)28;17-12-5-3-11(4-6-12)7-9-20-15-10-14(21-16(18)22-15)13-2-1-8-19-13;1-4-11-8-13(17-14(15)16-11)12-7-5-6-9(2)10(12)3;1-7-4-3-5-8(11(7)13)9-6-10(15-2)17-12(14)16-9;1-15-9-5-8(16-11(14)17-9)6-3-2-4-7(12)10(6)13/h7-13,16H,4-6,14-15H2,1-3H3,(H3,25,26,27,28);3-8,11H,9-10H2,1-2H3,(H2,23,27,28)(H3,22,24,25,26);1-6,8,10,19H,7,9H2,(H3,18,20,21,22);5-8H,4H2,1-3H3,(H2,15,16,17);3-6H,1-2H3,(H3,14,15,16,17);2-5H,1H3,(H3,14,15,16,17)/i;;;1D3;2D3;1D3. The molecular weight excluding hydrogens is 1870 g/mol. The number of anilines is 11. The zero-order valence-corrected chi connectivity index (χ0v) is 80.7. The Hall–Kier alpha value is -13.8. The van der Waals surface area contributed by atoms with Crippen molar-refractivity contribution in [3.63, 3.8) is 0 Å². The number of rotatable bonds is 27. The minimum Gasteiger partial charge on any atom is -0.373 e. The van der Waals surface area contributed by atoms with Crippen LogP contribution in [-0.4, -0.2) is 136 Å². The Balaban J connectivity index is 0.000000181. The summed E-state index contributed by atoms with van der Waals surface area (Å²) in [4.78, 5) is 53.0. The number of nitrogen functional groups attached to an aromatic ring is 6. The fraction of sp³-hybridized carbons (Fsp3) is 0.216. The van der Waals surface area contributed by atoms with Crippen molar-refractivity contribution in [3.8, 4) is 67.7 Å². The summed E-state index contributed by atoms with van der Waals surface area (Å²) in [7, 11) is -10.5. The fourth-order valence-corrected chi connectivity index (χ4v) is 16.6. The van der Waals surface area contributed by atoms with Crippen LogP contribution in [0.5, 0.6) is 0 Å². The average Bonchev–Trinajstić information content (AvgIpc) is 0.950. The number of aryl methyl sites for hydroxylation is 4. The number of benzene rings is 8. The van der Waals surface area contributed by atoms with Gasteiger partial charge in [-0.25, -0.2) is 69.7 Å². The summed E-state index contributed by atoms with van der Waals surface area (Å²) in [5.41, 5.74) is 52.4. The van der Waals surface area contributed by atoms with Gasteiger partial charge in [-0.15, -0.1) is 0 Å². The average molecular weight is 1990 g/mol. The molecule has 0 saturated carbocycles. The zero-order chi connectivity index (χ0) is 106. The van der Waals surface area contributed by atoms with E-state index in [4.69, 9.17) is 98.3 Å². The van der Waals surface area contributed by atoms with Gasteiger partial charge in [0.1, 0.15) is 34.9 Å². The van der Waals surface area contributed by atoms with E-state index in [0.717, 1.165) is 97.8 Å². The predicted molar refractivity (Wildman–Crippen MR) is 550 cm³/mol. The van der Waals surface area contributed by atoms with Crippen LogP contribution in [0.2, 0.25) is 20.1 Å². The Morgan fingerprint density at radius 3 is 1.29 bits per heavy atom. The summed E-state index contributed by atoms with van der Waals surface area (Å²) >= 11 is 24.1. The molecule has 136 heavy (non-hydrogen) atoms. The minimum absolute atomic E-state index is 0.00244. The van der Waals surface area contributed by atoms with Gasteiger partial charge in [0.25, 0.3) is 0 Å². The number of H-pyrrole nitrogens is 1. The molecule has 0 aliphatic rings. The molecule has 20 N–H and O–H groups in total. The monoisotopic (exact) mass is 1980 g/mol. The van der Waals surface area contributed by atoms with Gasteiger partial charge >= 0.3 is 0 Å². The molecule has 39 heteroatoms. The van der Waals surface area contributed by atoms with Crippen LogP contribution in [0.25, 0.3) is 67.7 Å². The lowest BCUT2D eigenvalue weighted by molar-refractivity contribution is 0.589. The van der Waals surface area contributed by atoms with Gasteiger partial charge in [-0.2, -0.15) is 24.9 Å². The summed E-state index contributed by atoms with van der Waals surface area (Å²) in [5.74, 6) is 2.41. The van der Waals surface area contributed by atoms with Crippen LogP contribution < -0.4 is 66.1 Å². The van der Waals surface area contributed by atoms with E-state index in [1.165, 1.54) is 65.7 Å². The van der Waals surface area contributed by atoms with Crippen LogP contribution in [0.15, 0.2) is 227 Å². The number of halogens is 5. The Kier molecular flexibility index (Phi) is 32.5. The molecule has 0 bridgehead atoms. The van der Waals surface area contributed by atoms with Crippen molar-refractivity contribution >= 4 is 141 Å². The van der Waals surface area contributed by atoms with Gasteiger partial charge in [-0.3, -0.25) is 0 Å². The van der Waals surface area contributed by atoms with E-state index in [9.17, 15) is 29.6 Å². The fourth-order valence-electron chi connectivity index (χ4n) is 13.3. The molecular formula is C97H108Cl4FN25O6S3. The van der Waals surface area contributed by atoms with Gasteiger partial charge in [0, 0.05) is 127 Å². The summed E-state index contributed by atoms with van der Waals surface area (Å²) in [6, 6.07) is 59.1. The van der Waals surface area contributed by atoms with Crippen LogP contribution in [-0.2, 0) is 49.0 Å². The first-order valence-corrected chi connectivity index (χ1v) is 48.5. The van der Waals surface area contributed by atoms with Gasteiger partial charge < -0.3 is 66.0 Å². The molecule has 0 aliphatic heterocycles. The molecule has 0 amide bonds. The second-order valence-electron chi connectivity index (χ2n) is 30.7. The van der Waals surface area contributed by atoms with Crippen molar-refractivity contribution in [2.75, 3.05) is 107 Å². The van der Waals surface area contributed by atoms with Gasteiger partial charge in [0.15, 0.2) is 19.7 Å². The molecule has 0 aliphatic carbocycles. The third-order valence-corrected chi connectivity index (χ3v) is 26.3. The zero-order valence-electron chi connectivity index (χ0n) is 84.3. The van der Waals surface area contributed by atoms with E-state index >= 15 is 0 Å². The number of unbranched alkanes of at least 4 members (excludes halogenated alkanes) is 2. The SMILES string of the molecule is Cc1c(F)ccc(-c2cc(NCCc3ccc(S(N)(=O)=O)cc3)nc(N)n2)c1C.Cc1cccc(-c2cc(NCCCCCS(=O)(=O)c3ccc(S(C)(=O)=O)cc3)nc(N)n2)c1C.Nc1nc(NCCc2ccc(Cl)cc2)cc(-c2ccc[nH]2)n1.[2H]C([2H])([2H])Cc1cc(-c2cccc(C)c2C)nc(N)n1.[2H]C([2H])([2H])Nc1cc(-c2cccc(C)c2Cl)nc(N)n1.[2H]C([2H])([2H])Nc1cc(-c2cccc(Cl)c2Cl)nc(N)n1. The number of sulfonamides is 1. The predicted octanol–water partition coefficient (Wildman–Crippen LogP) is 18.7. The lowest BCUT2D eigenvalue weighted by Crippen LogP contribution is -2.12. The summed E-state index contributed by atoms with van der Waals surface area (Å²) in [6.45, 7) is 8.67. The Morgan fingerprint density at radius 1 is 0.390 bits per heavy atom. The third kappa shape index (κ3) is 30.1. The highest BCUT2D eigenvalue weighted by atomic mass is 35.5. The van der Waals surface area contributed by atoms with Crippen LogP contribution in [0.3, 0.4) is 0 Å². The number of primary sulfonamides is 1. The molecule has 0 atom stereocenters. The van der Waals surface area contributed by atoms with Gasteiger partial charge in [0.2, 0.25) is 45.7 Å². The van der Waals surface area contributed by atoms with Crippen LogP contribution in [0.4, 0.5) is 69.2 Å². The summed E-state index contributed by atoms with van der Waals surface area (Å²) < 4.78 is 149. The van der Waals surface area contributed by atoms with E-state index in [1.807, 2.05) is 145 Å². The maximum Gasteiger partial charge on any atom is 0.238 e. The quantitative estimate of drug-likeness (QED) is 0.0213. The molecule has 15 rings (SSSR count). The molecule has 0 saturated heterocycles. The van der Waals surface area contributed by atoms with Crippen molar-refractivity contribution in [3.05, 3.63) is 294 Å². The second-order valence-corrected chi connectivity index (χ2v) is 38.0. The summed E-state index contributed by atoms with van der Waals surface area (Å²) in [5, 5.41) is 21.3. The maximum atomic E-state index is 13.7. The van der Waals surface area contributed by atoms with E-state index < -0.39 is 50.5 Å². The smallest absolute Gasteiger partial charge is 0.238 e. The minimum atomic E-state index is -3.70. The third-order valence-electron chi connectivity index (χ3n) is 20.9. The summed E-state index contributed by atoms with van der Waals surface area (Å²) in [6.07, 6.45) is 6.29. The number of nitrogens with zero attached hydrogens (tertiary/aromatic N) is 12. The highest BCUT2D eigenvalue weighted by Gasteiger charge is 2.20. The molecule has 31 nitrogen and oxygen atoms in total. The highest BCUT2D eigenvalue weighted by molar-refractivity contribution is 7.91. The van der Waals surface area contributed by atoms with E-state index in [2.05, 4.69) is 91.4 Å². The molecule has 0 unspecified atom stereocenters. The second kappa shape index (κ2) is 48.4. The maximum absolute atomic E-state index is 13.7. The van der Waals surface area contributed by atoms with Gasteiger partial charge in [-0.1, -0.05) is 151 Å². The van der Waals surface area contributed by atoms with E-state index in [1.54, 1.807) is 61.5 Å². The molecule has 7 aromatic heterocycles. The number of nitrogens with two attached hydrogens (primary N) is 7. The van der Waals surface area contributed by atoms with Crippen molar-refractivity contribution < 1.29 is 42.0 Å². The van der Waals surface area contributed by atoms with Crippen LogP contribution >= 0.6 is 46.4 Å². The number of aromatic amines is 1. The number of hydrogen-bond acceptors (Lipinski definition) is 29. The molecule has 8 aromatic carbocycles. The van der Waals surface area contributed by atoms with Crippen LogP contribution in [0.1, 0.15) is 94.2 Å². The topological polar surface area (TPSA) is 515 Å². The first kappa shape index (κ1) is 91.3. The Morgan fingerprint density at radius 2 is 0.801 bits per heavy atom. The van der Waals surface area contributed by atoms with Crippen molar-refractivity contribution in [2.45, 2.75) is 109 Å². The Labute approximate surface area is 824 Å².